The molecular weight excluding hydrogens is 293 g/mol. The van der Waals surface area contributed by atoms with Crippen LogP contribution in [0, 0.1) is 5.82 Å². The van der Waals surface area contributed by atoms with Crippen LogP contribution < -0.4 is 5.32 Å². The fraction of sp³-hybridized carbons (Fsp3) is 0.267. The quantitative estimate of drug-likeness (QED) is 0.602. The van der Waals surface area contributed by atoms with E-state index in [0.29, 0.717) is 5.56 Å². The molecule has 0 unspecified atom stereocenters. The Bertz CT molecular complexity index is 571. The zero-order valence-electron chi connectivity index (χ0n) is 12.0. The van der Waals surface area contributed by atoms with Crippen molar-refractivity contribution in [2.24, 2.45) is 0 Å². The Hall–Kier alpha value is -2.70. The predicted octanol–water partition coefficient (Wildman–Crippen LogP) is 1.10. The molecule has 0 saturated carbocycles. The third kappa shape index (κ3) is 6.65. The van der Waals surface area contributed by atoms with Crippen LogP contribution in [0.4, 0.5) is 4.39 Å². The van der Waals surface area contributed by atoms with E-state index < -0.39 is 30.3 Å². The second-order valence-electron chi connectivity index (χ2n) is 4.06. The number of esters is 2. The molecule has 0 fully saturated rings. The van der Waals surface area contributed by atoms with Gasteiger partial charge in [-0.25, -0.2) is 14.0 Å². The number of halogens is 1. The van der Waals surface area contributed by atoms with Crippen LogP contribution in [0.15, 0.2) is 36.4 Å². The predicted molar refractivity (Wildman–Crippen MR) is 75.0 cm³/mol. The van der Waals surface area contributed by atoms with Gasteiger partial charge >= 0.3 is 11.9 Å². The first-order valence-corrected chi connectivity index (χ1v) is 6.54. The summed E-state index contributed by atoms with van der Waals surface area (Å²) in [6.07, 6.45) is 1.77. The number of hydrogen-bond acceptors (Lipinski definition) is 5. The summed E-state index contributed by atoms with van der Waals surface area (Å²) < 4.78 is 22.5. The van der Waals surface area contributed by atoms with E-state index in [4.69, 9.17) is 0 Å². The van der Waals surface area contributed by atoms with Crippen LogP contribution in [-0.2, 0) is 30.4 Å². The Labute approximate surface area is 126 Å². The summed E-state index contributed by atoms with van der Waals surface area (Å²) in [5, 5.41) is 2.41. The number of benzene rings is 1. The van der Waals surface area contributed by atoms with E-state index >= 15 is 0 Å². The Morgan fingerprint density at radius 1 is 1.14 bits per heavy atom. The molecule has 0 aliphatic carbocycles. The highest BCUT2D eigenvalue weighted by atomic mass is 19.1. The first kappa shape index (κ1) is 17.4. The van der Waals surface area contributed by atoms with Crippen molar-refractivity contribution in [3.05, 3.63) is 47.8 Å². The molecule has 0 aromatic heterocycles. The molecule has 22 heavy (non-hydrogen) atoms. The van der Waals surface area contributed by atoms with Crippen LogP contribution in [0.3, 0.4) is 0 Å². The lowest BCUT2D eigenvalue weighted by atomic mass is 10.2. The average Bonchev–Trinajstić information content (AvgIpc) is 2.50. The van der Waals surface area contributed by atoms with Crippen molar-refractivity contribution in [3.8, 4) is 0 Å². The fourth-order valence-corrected chi connectivity index (χ4v) is 1.40. The number of ether oxygens (including phenoxy) is 2. The molecule has 0 saturated heterocycles. The number of amides is 1. The largest absolute Gasteiger partial charge is 0.463 e. The number of carbonyl (C=O) groups is 3. The minimum atomic E-state index is -0.853. The molecule has 1 aromatic rings. The summed E-state index contributed by atoms with van der Waals surface area (Å²) in [5.74, 6) is -2.55. The van der Waals surface area contributed by atoms with Crippen molar-refractivity contribution in [1.29, 1.82) is 0 Å². The van der Waals surface area contributed by atoms with Crippen LogP contribution >= 0.6 is 0 Å². The zero-order valence-corrected chi connectivity index (χ0v) is 12.0. The van der Waals surface area contributed by atoms with Gasteiger partial charge in [0.25, 0.3) is 5.91 Å². The van der Waals surface area contributed by atoms with Gasteiger partial charge in [0, 0.05) is 24.3 Å². The normalized spacial score (nSPS) is 10.3. The molecule has 1 amide bonds. The van der Waals surface area contributed by atoms with Gasteiger partial charge < -0.3 is 14.8 Å². The van der Waals surface area contributed by atoms with Crippen molar-refractivity contribution in [1.82, 2.24) is 5.32 Å². The lowest BCUT2D eigenvalue weighted by molar-refractivity contribution is -0.144. The van der Waals surface area contributed by atoms with Gasteiger partial charge in [-0.3, -0.25) is 4.79 Å². The molecule has 1 N–H and O–H groups in total. The molecule has 0 bridgehead atoms. The molecule has 7 heteroatoms. The summed E-state index contributed by atoms with van der Waals surface area (Å²) >= 11 is 0. The van der Waals surface area contributed by atoms with Gasteiger partial charge in [0.05, 0.1) is 6.61 Å². The lowest BCUT2D eigenvalue weighted by Crippen LogP contribution is -2.28. The first-order valence-electron chi connectivity index (χ1n) is 6.54. The molecule has 0 radical (unpaired) electrons. The Morgan fingerprint density at radius 3 is 2.41 bits per heavy atom. The first-order chi connectivity index (χ1) is 10.5. The summed E-state index contributed by atoms with van der Waals surface area (Å²) in [4.78, 5) is 33.6. The molecular formula is C15H16FNO5. The molecule has 0 atom stereocenters. The van der Waals surface area contributed by atoms with Crippen LogP contribution in [0.25, 0.3) is 0 Å². The maximum Gasteiger partial charge on any atom is 0.331 e. The number of carbonyl (C=O) groups excluding carboxylic acids is 3. The van der Waals surface area contributed by atoms with Gasteiger partial charge in [-0.05, 0) is 13.0 Å². The van der Waals surface area contributed by atoms with Crippen LogP contribution in [0.1, 0.15) is 12.5 Å². The van der Waals surface area contributed by atoms with Gasteiger partial charge in [-0.15, -0.1) is 0 Å². The highest BCUT2D eigenvalue weighted by molar-refractivity contribution is 5.92. The van der Waals surface area contributed by atoms with Crippen LogP contribution in [0.2, 0.25) is 0 Å². The van der Waals surface area contributed by atoms with Crippen molar-refractivity contribution >= 4 is 17.8 Å². The zero-order chi connectivity index (χ0) is 16.4. The van der Waals surface area contributed by atoms with Crippen molar-refractivity contribution in [2.75, 3.05) is 13.2 Å². The molecule has 0 aliphatic heterocycles. The molecule has 1 aromatic carbocycles. The Kier molecular flexibility index (Phi) is 7.32. The Balaban J connectivity index is 2.30. The van der Waals surface area contributed by atoms with Crippen LogP contribution in [0.5, 0.6) is 0 Å². The maximum absolute atomic E-state index is 13.3. The molecule has 0 heterocycles. The summed E-state index contributed by atoms with van der Waals surface area (Å²) in [5.41, 5.74) is 0.324. The minimum Gasteiger partial charge on any atom is -0.463 e. The smallest absolute Gasteiger partial charge is 0.331 e. The molecule has 0 aliphatic rings. The minimum absolute atomic E-state index is 0.0122. The van der Waals surface area contributed by atoms with Gasteiger partial charge in [0.15, 0.2) is 6.61 Å². The summed E-state index contributed by atoms with van der Waals surface area (Å²) in [6, 6.07) is 5.99. The van der Waals surface area contributed by atoms with E-state index in [2.05, 4.69) is 14.8 Å². The number of rotatable bonds is 7. The number of hydrogen-bond donors (Lipinski definition) is 1. The van der Waals surface area contributed by atoms with E-state index in [9.17, 15) is 18.8 Å². The lowest BCUT2D eigenvalue weighted by Gasteiger charge is -2.06. The highest BCUT2D eigenvalue weighted by Gasteiger charge is 2.07. The fourth-order valence-electron chi connectivity index (χ4n) is 1.40. The topological polar surface area (TPSA) is 81.7 Å². The monoisotopic (exact) mass is 309 g/mol. The average molecular weight is 309 g/mol. The van der Waals surface area contributed by atoms with Crippen molar-refractivity contribution in [2.45, 2.75) is 13.5 Å². The van der Waals surface area contributed by atoms with Gasteiger partial charge in [-0.1, -0.05) is 18.2 Å². The summed E-state index contributed by atoms with van der Waals surface area (Å²) in [6.45, 7) is 1.28. The third-order valence-corrected chi connectivity index (χ3v) is 2.42. The van der Waals surface area contributed by atoms with E-state index in [1.165, 1.54) is 18.2 Å². The summed E-state index contributed by atoms with van der Waals surface area (Å²) in [7, 11) is 0. The highest BCUT2D eigenvalue weighted by Crippen LogP contribution is 2.05. The molecule has 0 spiro atoms. The molecule has 6 nitrogen and oxygen atoms in total. The van der Waals surface area contributed by atoms with Gasteiger partial charge in [0.1, 0.15) is 5.82 Å². The van der Waals surface area contributed by atoms with E-state index in [1.807, 2.05) is 0 Å². The third-order valence-electron chi connectivity index (χ3n) is 2.42. The molecule has 1 rings (SSSR count). The molecule has 118 valence electrons. The van der Waals surface area contributed by atoms with E-state index in [-0.39, 0.29) is 13.2 Å². The van der Waals surface area contributed by atoms with E-state index in [1.54, 1.807) is 13.0 Å². The SMILES string of the molecule is CCOC(=O)/C=C/C(=O)OCC(=O)NCc1ccccc1F. The maximum atomic E-state index is 13.3. The second-order valence-corrected chi connectivity index (χ2v) is 4.06. The van der Waals surface area contributed by atoms with Crippen molar-refractivity contribution in [3.63, 3.8) is 0 Å². The Morgan fingerprint density at radius 2 is 1.77 bits per heavy atom. The van der Waals surface area contributed by atoms with Gasteiger partial charge in [0.2, 0.25) is 0 Å². The van der Waals surface area contributed by atoms with Crippen molar-refractivity contribution < 1.29 is 28.2 Å². The number of nitrogens with one attached hydrogen (secondary N) is 1. The van der Waals surface area contributed by atoms with Crippen LogP contribution in [-0.4, -0.2) is 31.1 Å². The standard InChI is InChI=1S/C15H16FNO5/c1-2-21-14(19)7-8-15(20)22-10-13(18)17-9-11-5-3-4-6-12(11)16/h3-8H,2,9-10H2,1H3,(H,17,18)/b8-7+. The second kappa shape index (κ2) is 9.28. The van der Waals surface area contributed by atoms with E-state index in [0.717, 1.165) is 12.2 Å². The van der Waals surface area contributed by atoms with Gasteiger partial charge in [-0.2, -0.15) is 0 Å².